The molecule has 0 saturated heterocycles. The van der Waals surface area contributed by atoms with E-state index in [1.807, 2.05) is 0 Å². The summed E-state index contributed by atoms with van der Waals surface area (Å²) in [6.45, 7) is 10.3. The molecule has 0 aromatic carbocycles. The average molecular weight is 384 g/mol. The molecule has 0 aliphatic heterocycles. The summed E-state index contributed by atoms with van der Waals surface area (Å²) < 4.78 is 0. The fourth-order valence-corrected chi connectivity index (χ4v) is 8.07. The SMILES string of the molecule is CC(C)NCC1(O)CCC2C3CCC4CCCC[C@]4(C)C3CC[C@@]21C.Cl. The monoisotopic (exact) mass is 383 g/mol. The molecule has 7 atom stereocenters. The molecule has 0 bridgehead atoms. The molecule has 4 aliphatic rings. The van der Waals surface area contributed by atoms with Crippen molar-refractivity contribution in [3.05, 3.63) is 0 Å². The maximum atomic E-state index is 11.6. The molecule has 4 saturated carbocycles. The highest BCUT2D eigenvalue weighted by molar-refractivity contribution is 5.85. The predicted octanol–water partition coefficient (Wildman–Crippen LogP) is 5.57. The van der Waals surface area contributed by atoms with Crippen LogP contribution in [-0.4, -0.2) is 23.3 Å². The van der Waals surface area contributed by atoms with Crippen LogP contribution in [0.25, 0.3) is 0 Å². The molecule has 2 nitrogen and oxygen atoms in total. The molecule has 0 spiro atoms. The van der Waals surface area contributed by atoms with Crippen LogP contribution < -0.4 is 5.32 Å². The number of hydrogen-bond acceptors (Lipinski definition) is 2. The Morgan fingerprint density at radius 3 is 2.38 bits per heavy atom. The van der Waals surface area contributed by atoms with Crippen molar-refractivity contribution >= 4 is 12.4 Å². The minimum Gasteiger partial charge on any atom is -0.388 e. The van der Waals surface area contributed by atoms with Crippen molar-refractivity contribution in [2.75, 3.05) is 6.54 Å². The van der Waals surface area contributed by atoms with E-state index in [2.05, 4.69) is 33.0 Å². The first kappa shape index (κ1) is 20.9. The van der Waals surface area contributed by atoms with Gasteiger partial charge in [0.1, 0.15) is 0 Å². The van der Waals surface area contributed by atoms with E-state index in [0.29, 0.717) is 11.5 Å². The highest BCUT2D eigenvalue weighted by Gasteiger charge is 2.64. The van der Waals surface area contributed by atoms with E-state index in [0.717, 1.165) is 36.6 Å². The third-order valence-electron chi connectivity index (χ3n) is 9.71. The molecule has 4 aliphatic carbocycles. The van der Waals surface area contributed by atoms with Crippen LogP contribution in [0.2, 0.25) is 0 Å². The molecule has 5 unspecified atom stereocenters. The largest absolute Gasteiger partial charge is 0.388 e. The van der Waals surface area contributed by atoms with Gasteiger partial charge in [-0.2, -0.15) is 0 Å². The summed E-state index contributed by atoms with van der Waals surface area (Å²) in [7, 11) is 0. The Hall–Kier alpha value is 0.210. The van der Waals surface area contributed by atoms with E-state index in [1.54, 1.807) is 0 Å². The van der Waals surface area contributed by atoms with Crippen molar-refractivity contribution in [3.63, 3.8) is 0 Å². The summed E-state index contributed by atoms with van der Waals surface area (Å²) in [5, 5.41) is 15.2. The van der Waals surface area contributed by atoms with Gasteiger partial charge in [0.25, 0.3) is 0 Å². The number of fused-ring (bicyclic) bond motifs is 5. The Kier molecular flexibility index (Phi) is 5.82. The van der Waals surface area contributed by atoms with Gasteiger partial charge in [-0.1, -0.05) is 40.5 Å². The normalized spacial score (nSPS) is 50.5. The molecule has 0 heterocycles. The number of halogens is 1. The van der Waals surface area contributed by atoms with Gasteiger partial charge in [-0.15, -0.1) is 12.4 Å². The molecular weight excluding hydrogens is 342 g/mol. The zero-order valence-corrected chi connectivity index (χ0v) is 18.3. The van der Waals surface area contributed by atoms with Crippen LogP contribution >= 0.6 is 12.4 Å². The maximum absolute atomic E-state index is 11.6. The van der Waals surface area contributed by atoms with Gasteiger partial charge < -0.3 is 10.4 Å². The fraction of sp³-hybridized carbons (Fsp3) is 1.00. The van der Waals surface area contributed by atoms with Crippen molar-refractivity contribution < 1.29 is 5.11 Å². The molecular formula is C23H42ClNO. The second-order valence-corrected chi connectivity index (χ2v) is 11.0. The summed E-state index contributed by atoms with van der Waals surface area (Å²) in [4.78, 5) is 0. The van der Waals surface area contributed by atoms with E-state index >= 15 is 0 Å². The van der Waals surface area contributed by atoms with Crippen LogP contribution in [0.15, 0.2) is 0 Å². The third kappa shape index (κ3) is 2.98. The van der Waals surface area contributed by atoms with E-state index in [1.165, 1.54) is 57.8 Å². The summed E-state index contributed by atoms with van der Waals surface area (Å²) in [5.41, 5.74) is 0.254. The van der Waals surface area contributed by atoms with Gasteiger partial charge in [0.2, 0.25) is 0 Å². The second kappa shape index (κ2) is 7.23. The Labute approximate surface area is 167 Å². The van der Waals surface area contributed by atoms with E-state index in [-0.39, 0.29) is 17.8 Å². The van der Waals surface area contributed by atoms with Crippen molar-refractivity contribution in [1.29, 1.82) is 0 Å². The van der Waals surface area contributed by atoms with Crippen molar-refractivity contribution in [2.24, 2.45) is 34.5 Å². The zero-order chi connectivity index (χ0) is 17.9. The molecule has 4 rings (SSSR count). The summed E-state index contributed by atoms with van der Waals surface area (Å²) in [5.74, 6) is 3.57. The molecule has 2 N–H and O–H groups in total. The first-order valence-corrected chi connectivity index (χ1v) is 11.3. The van der Waals surface area contributed by atoms with Gasteiger partial charge in [0.05, 0.1) is 5.60 Å². The van der Waals surface area contributed by atoms with Gasteiger partial charge in [-0.05, 0) is 80.5 Å². The van der Waals surface area contributed by atoms with Crippen LogP contribution in [0, 0.1) is 34.5 Å². The first-order chi connectivity index (χ1) is 11.8. The van der Waals surface area contributed by atoms with Gasteiger partial charge in [-0.25, -0.2) is 0 Å². The van der Waals surface area contributed by atoms with Crippen LogP contribution in [-0.2, 0) is 0 Å². The van der Waals surface area contributed by atoms with Crippen LogP contribution in [0.4, 0.5) is 0 Å². The maximum Gasteiger partial charge on any atom is 0.0827 e. The summed E-state index contributed by atoms with van der Waals surface area (Å²) in [6, 6.07) is 0.458. The topological polar surface area (TPSA) is 32.3 Å². The lowest BCUT2D eigenvalue weighted by Gasteiger charge is -2.61. The summed E-state index contributed by atoms with van der Waals surface area (Å²) >= 11 is 0. The number of aliphatic hydroxyl groups is 1. The molecule has 152 valence electrons. The van der Waals surface area contributed by atoms with Crippen molar-refractivity contribution in [2.45, 2.75) is 104 Å². The number of nitrogens with one attached hydrogen (secondary N) is 1. The first-order valence-electron chi connectivity index (χ1n) is 11.3. The van der Waals surface area contributed by atoms with E-state index in [9.17, 15) is 5.11 Å². The summed E-state index contributed by atoms with van der Waals surface area (Å²) in [6.07, 6.45) is 13.7. The van der Waals surface area contributed by atoms with E-state index in [4.69, 9.17) is 0 Å². The third-order valence-corrected chi connectivity index (χ3v) is 9.71. The van der Waals surface area contributed by atoms with Crippen molar-refractivity contribution in [1.82, 2.24) is 5.32 Å². The van der Waals surface area contributed by atoms with Gasteiger partial charge in [-0.3, -0.25) is 0 Å². The Morgan fingerprint density at radius 1 is 0.923 bits per heavy atom. The van der Waals surface area contributed by atoms with Crippen LogP contribution in [0.3, 0.4) is 0 Å². The van der Waals surface area contributed by atoms with Gasteiger partial charge >= 0.3 is 0 Å². The lowest BCUT2D eigenvalue weighted by Crippen LogP contribution is -2.58. The Balaban J connectivity index is 0.00000196. The highest BCUT2D eigenvalue weighted by Crippen LogP contribution is 2.68. The highest BCUT2D eigenvalue weighted by atomic mass is 35.5. The molecule has 0 aromatic heterocycles. The van der Waals surface area contributed by atoms with Crippen LogP contribution in [0.1, 0.15) is 91.9 Å². The van der Waals surface area contributed by atoms with E-state index < -0.39 is 5.60 Å². The molecule has 4 fully saturated rings. The second-order valence-electron chi connectivity index (χ2n) is 11.0. The predicted molar refractivity (Wildman–Crippen MR) is 112 cm³/mol. The lowest BCUT2D eigenvalue weighted by atomic mass is 9.44. The molecule has 0 aromatic rings. The Morgan fingerprint density at radius 2 is 1.65 bits per heavy atom. The number of hydrogen-bond donors (Lipinski definition) is 2. The molecule has 3 heteroatoms. The molecule has 0 amide bonds. The minimum absolute atomic E-state index is 0. The van der Waals surface area contributed by atoms with Gasteiger partial charge in [0, 0.05) is 18.0 Å². The van der Waals surface area contributed by atoms with Crippen LogP contribution in [0.5, 0.6) is 0 Å². The quantitative estimate of drug-likeness (QED) is 0.667. The molecule has 0 radical (unpaired) electrons. The van der Waals surface area contributed by atoms with Crippen molar-refractivity contribution in [3.8, 4) is 0 Å². The standard InChI is InChI=1S/C23H41NO.ClH/c1-16(2)24-15-23(25)14-11-20-18-9-8-17-7-5-6-12-21(17,3)19(18)10-13-22(20,23)4;/h16-20,24-25H,5-15H2,1-4H3;1H/t17?,18?,19?,20?,21-,22-,23?;/m0./s1. The molecule has 26 heavy (non-hydrogen) atoms. The smallest absolute Gasteiger partial charge is 0.0827 e. The average Bonchev–Trinajstić information content (AvgIpc) is 2.84. The lowest BCUT2D eigenvalue weighted by molar-refractivity contribution is -0.150. The fourth-order valence-electron chi connectivity index (χ4n) is 8.07. The zero-order valence-electron chi connectivity index (χ0n) is 17.5. The minimum atomic E-state index is -0.489. The van der Waals surface area contributed by atoms with Gasteiger partial charge in [0.15, 0.2) is 0 Å². The number of rotatable bonds is 3. The Bertz CT molecular complexity index is 510.